The molecule has 1 N–H and O–H groups in total. The Kier molecular flexibility index (Phi) is 5.26. The maximum absolute atomic E-state index is 5.44. The highest BCUT2D eigenvalue weighted by Gasteiger charge is 2.16. The maximum atomic E-state index is 5.44. The first-order valence-corrected chi connectivity index (χ1v) is 7.56. The zero-order valence-electron chi connectivity index (χ0n) is 12.5. The summed E-state index contributed by atoms with van der Waals surface area (Å²) in [5, 5.41) is 3.72. The summed E-state index contributed by atoms with van der Waals surface area (Å²) in [5.41, 5.74) is 2.58. The molecule has 1 fully saturated rings. The molecule has 2 unspecified atom stereocenters. The smallest absolute Gasteiger partial charge is 0.123 e. The minimum absolute atomic E-state index is 0.676. The van der Waals surface area contributed by atoms with E-state index in [4.69, 9.17) is 4.74 Å². The van der Waals surface area contributed by atoms with Gasteiger partial charge in [-0.3, -0.25) is 0 Å². The second-order valence-corrected chi connectivity index (χ2v) is 6.01. The van der Waals surface area contributed by atoms with Crippen LogP contribution in [0, 0.1) is 12.8 Å². The number of methoxy groups -OCH3 is 1. The highest BCUT2D eigenvalue weighted by molar-refractivity contribution is 5.36. The van der Waals surface area contributed by atoms with Crippen molar-refractivity contribution in [2.24, 2.45) is 5.92 Å². The fourth-order valence-electron chi connectivity index (χ4n) is 2.99. The molecule has 1 aromatic carbocycles. The molecule has 0 spiro atoms. The van der Waals surface area contributed by atoms with Gasteiger partial charge in [0, 0.05) is 18.2 Å². The summed E-state index contributed by atoms with van der Waals surface area (Å²) in [6.45, 7) is 5.44. The van der Waals surface area contributed by atoms with Crippen LogP contribution in [0.25, 0.3) is 0 Å². The Morgan fingerprint density at radius 3 is 2.84 bits per heavy atom. The average Bonchev–Trinajstić information content (AvgIpc) is 2.61. The van der Waals surface area contributed by atoms with Gasteiger partial charge in [0.25, 0.3) is 0 Å². The first-order valence-electron chi connectivity index (χ1n) is 7.56. The number of hydrogen-bond acceptors (Lipinski definition) is 2. The van der Waals surface area contributed by atoms with E-state index in [-0.39, 0.29) is 0 Å². The van der Waals surface area contributed by atoms with Gasteiger partial charge in [-0.1, -0.05) is 37.5 Å². The Bertz CT molecular complexity index is 402. The molecule has 0 amide bonds. The van der Waals surface area contributed by atoms with Gasteiger partial charge in [0.1, 0.15) is 5.75 Å². The van der Waals surface area contributed by atoms with E-state index in [1.165, 1.54) is 43.2 Å². The van der Waals surface area contributed by atoms with Crippen molar-refractivity contribution in [1.82, 2.24) is 5.32 Å². The summed E-state index contributed by atoms with van der Waals surface area (Å²) in [7, 11) is 1.75. The maximum Gasteiger partial charge on any atom is 0.123 e. The monoisotopic (exact) mass is 261 g/mol. The van der Waals surface area contributed by atoms with Gasteiger partial charge >= 0.3 is 0 Å². The molecule has 0 aliphatic heterocycles. The molecule has 0 heterocycles. The molecule has 1 aromatic rings. The van der Waals surface area contributed by atoms with Crippen LogP contribution in [-0.4, -0.2) is 13.2 Å². The minimum atomic E-state index is 0.676. The summed E-state index contributed by atoms with van der Waals surface area (Å²) in [6.07, 6.45) is 6.76. The summed E-state index contributed by atoms with van der Waals surface area (Å²) >= 11 is 0. The summed E-state index contributed by atoms with van der Waals surface area (Å²) < 4.78 is 5.44. The fraction of sp³-hybridized carbons (Fsp3) is 0.647. The standard InChI is InChI=1S/C17H27NO/c1-13-5-4-6-16(9-7-13)18-12-15-11-14(2)8-10-17(15)19-3/h8,10-11,13,16,18H,4-7,9,12H2,1-3H3. The van der Waals surface area contributed by atoms with Gasteiger partial charge in [0.05, 0.1) is 7.11 Å². The average molecular weight is 261 g/mol. The SMILES string of the molecule is COc1ccc(C)cc1CNC1CCCC(C)CC1. The minimum Gasteiger partial charge on any atom is -0.496 e. The Balaban J connectivity index is 1.92. The number of nitrogens with one attached hydrogen (secondary N) is 1. The molecule has 2 rings (SSSR count). The van der Waals surface area contributed by atoms with E-state index in [0.29, 0.717) is 6.04 Å². The van der Waals surface area contributed by atoms with Crippen LogP contribution in [0.2, 0.25) is 0 Å². The van der Waals surface area contributed by atoms with Gasteiger partial charge in [0.15, 0.2) is 0 Å². The molecule has 0 bridgehead atoms. The first kappa shape index (κ1) is 14.4. The molecule has 2 atom stereocenters. The normalized spacial score (nSPS) is 23.9. The van der Waals surface area contributed by atoms with Crippen molar-refractivity contribution in [3.05, 3.63) is 29.3 Å². The van der Waals surface area contributed by atoms with Crippen molar-refractivity contribution in [3.8, 4) is 5.75 Å². The van der Waals surface area contributed by atoms with Gasteiger partial charge in [-0.05, 0) is 38.2 Å². The number of rotatable bonds is 4. The zero-order chi connectivity index (χ0) is 13.7. The molecule has 0 aromatic heterocycles. The molecule has 0 saturated heterocycles. The predicted molar refractivity (Wildman–Crippen MR) is 80.6 cm³/mol. The van der Waals surface area contributed by atoms with Gasteiger partial charge < -0.3 is 10.1 Å². The summed E-state index contributed by atoms with van der Waals surface area (Å²) in [5.74, 6) is 1.90. The fourth-order valence-corrected chi connectivity index (χ4v) is 2.99. The molecule has 2 nitrogen and oxygen atoms in total. The second-order valence-electron chi connectivity index (χ2n) is 6.01. The number of aryl methyl sites for hydroxylation is 1. The molecular formula is C17H27NO. The Morgan fingerprint density at radius 1 is 1.21 bits per heavy atom. The Hall–Kier alpha value is -1.02. The lowest BCUT2D eigenvalue weighted by Gasteiger charge is -2.18. The van der Waals surface area contributed by atoms with Crippen LogP contribution in [0.5, 0.6) is 5.75 Å². The van der Waals surface area contributed by atoms with Crippen LogP contribution in [0.4, 0.5) is 0 Å². The lowest BCUT2D eigenvalue weighted by Crippen LogP contribution is -2.28. The second kappa shape index (κ2) is 6.95. The number of benzene rings is 1. The Morgan fingerprint density at radius 2 is 2.05 bits per heavy atom. The third-order valence-corrected chi connectivity index (χ3v) is 4.27. The van der Waals surface area contributed by atoms with Crippen LogP contribution in [-0.2, 0) is 6.54 Å². The van der Waals surface area contributed by atoms with Crippen LogP contribution < -0.4 is 10.1 Å². The van der Waals surface area contributed by atoms with Crippen molar-refractivity contribution in [1.29, 1.82) is 0 Å². The van der Waals surface area contributed by atoms with Crippen molar-refractivity contribution in [2.75, 3.05) is 7.11 Å². The lowest BCUT2D eigenvalue weighted by molar-refractivity contribution is 0.400. The highest BCUT2D eigenvalue weighted by Crippen LogP contribution is 2.24. The van der Waals surface area contributed by atoms with Crippen molar-refractivity contribution in [2.45, 2.75) is 58.5 Å². The topological polar surface area (TPSA) is 21.3 Å². The highest BCUT2D eigenvalue weighted by atomic mass is 16.5. The third kappa shape index (κ3) is 4.24. The molecular weight excluding hydrogens is 234 g/mol. The molecule has 19 heavy (non-hydrogen) atoms. The van der Waals surface area contributed by atoms with E-state index < -0.39 is 0 Å². The molecule has 2 heteroatoms. The molecule has 0 radical (unpaired) electrons. The van der Waals surface area contributed by atoms with Crippen LogP contribution >= 0.6 is 0 Å². The van der Waals surface area contributed by atoms with E-state index in [1.54, 1.807) is 7.11 Å². The summed E-state index contributed by atoms with van der Waals surface area (Å²) in [6, 6.07) is 7.08. The van der Waals surface area contributed by atoms with Crippen molar-refractivity contribution in [3.63, 3.8) is 0 Å². The summed E-state index contributed by atoms with van der Waals surface area (Å²) in [4.78, 5) is 0. The van der Waals surface area contributed by atoms with E-state index in [1.807, 2.05) is 0 Å². The molecule has 1 aliphatic carbocycles. The van der Waals surface area contributed by atoms with Gasteiger partial charge in [-0.25, -0.2) is 0 Å². The predicted octanol–water partition coefficient (Wildman–Crippen LogP) is 4.06. The van der Waals surface area contributed by atoms with Crippen LogP contribution in [0.1, 0.15) is 50.2 Å². The van der Waals surface area contributed by atoms with E-state index >= 15 is 0 Å². The molecule has 1 saturated carbocycles. The quantitative estimate of drug-likeness (QED) is 0.825. The van der Waals surface area contributed by atoms with E-state index in [9.17, 15) is 0 Å². The third-order valence-electron chi connectivity index (χ3n) is 4.27. The lowest BCUT2D eigenvalue weighted by atomic mass is 10.0. The molecule has 1 aliphatic rings. The number of ether oxygens (including phenoxy) is 1. The van der Waals surface area contributed by atoms with E-state index in [0.717, 1.165) is 18.2 Å². The largest absolute Gasteiger partial charge is 0.496 e. The van der Waals surface area contributed by atoms with Gasteiger partial charge in [-0.2, -0.15) is 0 Å². The molecule has 106 valence electrons. The number of hydrogen-bond donors (Lipinski definition) is 1. The van der Waals surface area contributed by atoms with Crippen molar-refractivity contribution < 1.29 is 4.74 Å². The van der Waals surface area contributed by atoms with Crippen LogP contribution in [0.15, 0.2) is 18.2 Å². The van der Waals surface area contributed by atoms with Crippen LogP contribution in [0.3, 0.4) is 0 Å². The first-order chi connectivity index (χ1) is 9.19. The Labute approximate surface area is 117 Å². The zero-order valence-corrected chi connectivity index (χ0v) is 12.5. The van der Waals surface area contributed by atoms with E-state index in [2.05, 4.69) is 37.4 Å². The van der Waals surface area contributed by atoms with Gasteiger partial charge in [-0.15, -0.1) is 0 Å². The van der Waals surface area contributed by atoms with Gasteiger partial charge in [0.2, 0.25) is 0 Å². The van der Waals surface area contributed by atoms with Crippen molar-refractivity contribution >= 4 is 0 Å².